The van der Waals surface area contributed by atoms with Crippen molar-refractivity contribution >= 4 is 13.7 Å². The number of phosphoric ester groups is 1. The van der Waals surface area contributed by atoms with Crippen LogP contribution in [0, 0.1) is 0 Å². The summed E-state index contributed by atoms with van der Waals surface area (Å²) in [6.45, 7) is 4.84. The highest BCUT2D eigenvalue weighted by atomic mass is 31.2. The lowest BCUT2D eigenvalue weighted by atomic mass is 10.0. The third kappa shape index (κ3) is 56.0. The predicted molar refractivity (Wildman–Crippen MR) is 309 cm³/mol. The molecule has 0 aromatic carbocycles. The van der Waals surface area contributed by atoms with Gasteiger partial charge in [0.1, 0.15) is 13.2 Å². The topological polar surface area (TPSA) is 105 Å². The van der Waals surface area contributed by atoms with Crippen LogP contribution in [0.25, 0.3) is 0 Å². The molecule has 0 aromatic heterocycles. The molecular formula is C62H120N2O6P+. The summed E-state index contributed by atoms with van der Waals surface area (Å²) in [5, 5.41) is 14.0. The number of hydrogen-bond donors (Lipinski definition) is 3. The summed E-state index contributed by atoms with van der Waals surface area (Å²) >= 11 is 0. The van der Waals surface area contributed by atoms with E-state index in [1.807, 2.05) is 27.2 Å². The minimum Gasteiger partial charge on any atom is -0.387 e. The molecule has 0 heterocycles. The third-order valence-electron chi connectivity index (χ3n) is 13.8. The van der Waals surface area contributed by atoms with Crippen molar-refractivity contribution in [2.45, 2.75) is 302 Å². The van der Waals surface area contributed by atoms with Gasteiger partial charge in [-0.25, -0.2) is 4.57 Å². The fourth-order valence-electron chi connectivity index (χ4n) is 8.99. The second-order valence-electron chi connectivity index (χ2n) is 22.1. The lowest BCUT2D eigenvalue weighted by Crippen LogP contribution is -2.45. The fraction of sp³-hybridized carbons (Fsp3) is 0.855. The number of nitrogens with zero attached hydrogens (tertiary/aromatic N) is 1. The smallest absolute Gasteiger partial charge is 0.387 e. The van der Waals surface area contributed by atoms with Gasteiger partial charge in [0.15, 0.2) is 0 Å². The molecule has 8 nitrogen and oxygen atoms in total. The number of unbranched alkanes of at least 4 members (excludes halogenated alkanes) is 37. The molecule has 0 aliphatic carbocycles. The van der Waals surface area contributed by atoms with E-state index in [1.54, 1.807) is 6.08 Å². The van der Waals surface area contributed by atoms with Gasteiger partial charge in [-0.05, 0) is 57.8 Å². The number of aliphatic hydroxyl groups is 1. The van der Waals surface area contributed by atoms with E-state index in [-0.39, 0.29) is 19.1 Å². The Kier molecular flexibility index (Phi) is 52.1. The maximum absolute atomic E-state index is 13.0. The van der Waals surface area contributed by atoms with Gasteiger partial charge in [-0.3, -0.25) is 13.8 Å². The van der Waals surface area contributed by atoms with Crippen LogP contribution in [-0.4, -0.2) is 73.4 Å². The molecule has 1 amide bonds. The summed E-state index contributed by atoms with van der Waals surface area (Å²) in [6, 6.07) is -0.851. The molecular weight excluding hydrogens is 900 g/mol. The van der Waals surface area contributed by atoms with Gasteiger partial charge in [-0.15, -0.1) is 0 Å². The number of hydrogen-bond acceptors (Lipinski definition) is 5. The maximum Gasteiger partial charge on any atom is 0.472 e. The highest BCUT2D eigenvalue weighted by molar-refractivity contribution is 7.47. The van der Waals surface area contributed by atoms with Crippen molar-refractivity contribution in [2.24, 2.45) is 0 Å². The number of aliphatic hydroxyl groups excluding tert-OH is 1. The Hall–Kier alpha value is -1.54. The molecule has 0 bridgehead atoms. The van der Waals surface area contributed by atoms with Crippen LogP contribution in [0.3, 0.4) is 0 Å². The van der Waals surface area contributed by atoms with Crippen LogP contribution in [0.1, 0.15) is 290 Å². The summed E-state index contributed by atoms with van der Waals surface area (Å²) in [6.07, 6.45) is 70.7. The molecule has 0 radical (unpaired) electrons. The zero-order valence-corrected chi connectivity index (χ0v) is 48.6. The molecule has 0 aliphatic heterocycles. The summed E-state index contributed by atoms with van der Waals surface area (Å²) < 4.78 is 23.8. The number of phosphoric acid groups is 1. The minimum atomic E-state index is -4.35. The van der Waals surface area contributed by atoms with Gasteiger partial charge in [0.2, 0.25) is 5.91 Å². The zero-order valence-electron chi connectivity index (χ0n) is 47.7. The Morgan fingerprint density at radius 3 is 1.17 bits per heavy atom. The van der Waals surface area contributed by atoms with Crippen LogP contribution in [0.2, 0.25) is 0 Å². The summed E-state index contributed by atoms with van der Waals surface area (Å²) in [7, 11) is 1.57. The van der Waals surface area contributed by atoms with E-state index in [1.165, 1.54) is 218 Å². The quantitative estimate of drug-likeness (QED) is 0.0243. The number of carbonyl (C=O) groups is 1. The predicted octanol–water partition coefficient (Wildman–Crippen LogP) is 18.7. The van der Waals surface area contributed by atoms with Crippen molar-refractivity contribution in [3.05, 3.63) is 48.6 Å². The zero-order chi connectivity index (χ0) is 52.0. The Balaban J connectivity index is 4.20. The largest absolute Gasteiger partial charge is 0.472 e. The number of nitrogens with one attached hydrogen (secondary N) is 1. The Morgan fingerprint density at radius 2 is 0.803 bits per heavy atom. The van der Waals surface area contributed by atoms with Gasteiger partial charge < -0.3 is 19.8 Å². The Bertz CT molecular complexity index is 1290. The maximum atomic E-state index is 13.0. The number of carbonyl (C=O) groups excluding carboxylic acids is 1. The molecule has 3 unspecified atom stereocenters. The number of likely N-dealkylation sites (N-methyl/N-ethyl adjacent to an activating group) is 1. The molecule has 0 aromatic rings. The van der Waals surface area contributed by atoms with Gasteiger partial charge in [0.05, 0.1) is 39.9 Å². The highest BCUT2D eigenvalue weighted by Crippen LogP contribution is 2.43. The molecule has 71 heavy (non-hydrogen) atoms. The van der Waals surface area contributed by atoms with Gasteiger partial charge in [-0.2, -0.15) is 0 Å². The van der Waals surface area contributed by atoms with Gasteiger partial charge in [-0.1, -0.05) is 274 Å². The monoisotopic (exact) mass is 1020 g/mol. The van der Waals surface area contributed by atoms with Crippen LogP contribution in [0.5, 0.6) is 0 Å². The molecule has 3 N–H and O–H groups in total. The van der Waals surface area contributed by atoms with Crippen molar-refractivity contribution in [3.8, 4) is 0 Å². The van der Waals surface area contributed by atoms with Gasteiger partial charge >= 0.3 is 7.82 Å². The van der Waals surface area contributed by atoms with E-state index < -0.39 is 20.0 Å². The first-order valence-corrected chi connectivity index (χ1v) is 32.0. The van der Waals surface area contributed by atoms with E-state index in [0.29, 0.717) is 17.4 Å². The Labute approximate surface area is 441 Å². The molecule has 3 atom stereocenters. The number of quaternary nitrogens is 1. The molecule has 9 heteroatoms. The van der Waals surface area contributed by atoms with E-state index >= 15 is 0 Å². The average Bonchev–Trinajstić information content (AvgIpc) is 3.33. The minimum absolute atomic E-state index is 0.0602. The molecule has 418 valence electrons. The third-order valence-corrected chi connectivity index (χ3v) is 14.8. The Morgan fingerprint density at radius 1 is 0.479 bits per heavy atom. The van der Waals surface area contributed by atoms with Crippen LogP contribution >= 0.6 is 7.82 Å². The molecule has 0 aliphatic rings. The summed E-state index contributed by atoms with van der Waals surface area (Å²) in [5.74, 6) is -0.179. The van der Waals surface area contributed by atoms with Crippen molar-refractivity contribution in [2.75, 3.05) is 40.9 Å². The van der Waals surface area contributed by atoms with Crippen molar-refractivity contribution in [1.29, 1.82) is 0 Å². The van der Waals surface area contributed by atoms with E-state index in [0.717, 1.165) is 51.4 Å². The van der Waals surface area contributed by atoms with Gasteiger partial charge in [0.25, 0.3) is 0 Å². The van der Waals surface area contributed by atoms with E-state index in [2.05, 4.69) is 55.6 Å². The van der Waals surface area contributed by atoms with E-state index in [9.17, 15) is 19.4 Å². The van der Waals surface area contributed by atoms with Crippen molar-refractivity contribution < 1.29 is 32.9 Å². The molecule has 0 fully saturated rings. The van der Waals surface area contributed by atoms with Crippen LogP contribution in [0.15, 0.2) is 48.6 Å². The first kappa shape index (κ1) is 69.5. The second-order valence-corrected chi connectivity index (χ2v) is 23.5. The van der Waals surface area contributed by atoms with Crippen molar-refractivity contribution in [3.63, 3.8) is 0 Å². The number of rotatable bonds is 56. The van der Waals surface area contributed by atoms with Crippen LogP contribution in [0.4, 0.5) is 0 Å². The van der Waals surface area contributed by atoms with Crippen LogP contribution < -0.4 is 5.32 Å². The van der Waals surface area contributed by atoms with E-state index in [4.69, 9.17) is 9.05 Å². The molecule has 0 rings (SSSR count). The average molecular weight is 1020 g/mol. The SMILES string of the molecule is CCCCCCC/C=C\C/C=C\C/C=C\CCCCCCCCCCCCC(=O)NC(COP(=O)(O)OCC[N+](C)(C)C)C(O)/C=C/CCCCCCCCCCCCCCCCCCCCCCCC. The lowest BCUT2D eigenvalue weighted by molar-refractivity contribution is -0.870. The summed E-state index contributed by atoms with van der Waals surface area (Å²) in [5.41, 5.74) is 0. The lowest BCUT2D eigenvalue weighted by Gasteiger charge is -2.25. The first-order valence-electron chi connectivity index (χ1n) is 30.5. The first-order chi connectivity index (χ1) is 34.5. The molecule has 0 spiro atoms. The normalized spacial score (nSPS) is 14.2. The van der Waals surface area contributed by atoms with Crippen LogP contribution in [-0.2, 0) is 18.4 Å². The molecule has 0 saturated heterocycles. The number of allylic oxidation sites excluding steroid dienone is 7. The van der Waals surface area contributed by atoms with Crippen molar-refractivity contribution in [1.82, 2.24) is 5.32 Å². The van der Waals surface area contributed by atoms with Gasteiger partial charge in [0, 0.05) is 6.42 Å². The molecule has 0 saturated carbocycles. The highest BCUT2D eigenvalue weighted by Gasteiger charge is 2.27. The second kappa shape index (κ2) is 53.3. The number of amides is 1. The summed E-state index contributed by atoms with van der Waals surface area (Å²) in [4.78, 5) is 23.3. The standard InChI is InChI=1S/C62H119N2O6P/c1-6-8-10-12-14-16-18-20-22-24-26-28-30-32-34-36-38-40-42-44-46-48-50-52-54-56-62(66)63-60(59-70-71(67,68)69-58-57-64(3,4)5)61(65)55-53-51-49-47-45-43-41-39-37-35-33-31-29-27-25-23-21-19-17-15-13-11-9-7-2/h18,20,24,26,30,32,53,55,60-61,65H,6-17,19,21-23,25,27-29,31,33-52,54,56-59H2,1-5H3,(H-,63,66,67,68)/p+1/b20-18-,26-24-,32-30-,55-53+. The fourth-order valence-corrected chi connectivity index (χ4v) is 9.73.